The average molecular weight is 241 g/mol. The van der Waals surface area contributed by atoms with E-state index in [4.69, 9.17) is 5.73 Å². The molecule has 0 amide bonds. The normalized spacial score (nSPS) is 16.4. The number of halogens is 1. The van der Waals surface area contributed by atoms with E-state index in [0.29, 0.717) is 0 Å². The van der Waals surface area contributed by atoms with Gasteiger partial charge in [-0.2, -0.15) is 0 Å². The summed E-state index contributed by atoms with van der Waals surface area (Å²) in [6.07, 6.45) is 1.15. The standard InChI is InChI=1S/C13H20N2.ClH/c1-13(2,10-14)15-8-7-11-5-3-4-6-12(11)9-15;/h3-6H,7-10,14H2,1-2H3;1H. The molecule has 0 fully saturated rings. The van der Waals surface area contributed by atoms with Crippen LogP contribution < -0.4 is 5.73 Å². The van der Waals surface area contributed by atoms with Crippen LogP contribution in [0.5, 0.6) is 0 Å². The summed E-state index contributed by atoms with van der Waals surface area (Å²) in [6, 6.07) is 8.72. The van der Waals surface area contributed by atoms with Crippen LogP contribution in [0.1, 0.15) is 25.0 Å². The minimum Gasteiger partial charge on any atom is -0.329 e. The van der Waals surface area contributed by atoms with Crippen molar-refractivity contribution >= 4 is 12.4 Å². The van der Waals surface area contributed by atoms with E-state index in [1.165, 1.54) is 11.1 Å². The molecule has 16 heavy (non-hydrogen) atoms. The maximum atomic E-state index is 5.82. The van der Waals surface area contributed by atoms with Gasteiger partial charge in [-0.3, -0.25) is 4.90 Å². The van der Waals surface area contributed by atoms with Crippen molar-refractivity contribution in [1.29, 1.82) is 0 Å². The fourth-order valence-corrected chi connectivity index (χ4v) is 2.14. The third-order valence-corrected chi connectivity index (χ3v) is 3.49. The predicted molar refractivity (Wildman–Crippen MR) is 70.9 cm³/mol. The van der Waals surface area contributed by atoms with Gasteiger partial charge in [0.05, 0.1) is 0 Å². The molecule has 0 bridgehead atoms. The van der Waals surface area contributed by atoms with Crippen molar-refractivity contribution in [2.45, 2.75) is 32.4 Å². The van der Waals surface area contributed by atoms with E-state index < -0.39 is 0 Å². The summed E-state index contributed by atoms with van der Waals surface area (Å²) >= 11 is 0. The maximum absolute atomic E-state index is 5.82. The summed E-state index contributed by atoms with van der Waals surface area (Å²) < 4.78 is 0. The van der Waals surface area contributed by atoms with Gasteiger partial charge in [0.1, 0.15) is 0 Å². The summed E-state index contributed by atoms with van der Waals surface area (Å²) in [6.45, 7) is 7.33. The van der Waals surface area contributed by atoms with Gasteiger partial charge in [0.2, 0.25) is 0 Å². The number of benzene rings is 1. The van der Waals surface area contributed by atoms with E-state index in [2.05, 4.69) is 43.0 Å². The molecule has 1 heterocycles. The second-order valence-electron chi connectivity index (χ2n) is 4.96. The second kappa shape index (κ2) is 5.17. The number of rotatable bonds is 2. The molecule has 1 aromatic carbocycles. The topological polar surface area (TPSA) is 29.3 Å². The summed E-state index contributed by atoms with van der Waals surface area (Å²) in [5.41, 5.74) is 8.90. The number of hydrogen-bond donors (Lipinski definition) is 1. The first-order chi connectivity index (χ1) is 7.13. The van der Waals surface area contributed by atoms with Crippen molar-refractivity contribution in [2.75, 3.05) is 13.1 Å². The van der Waals surface area contributed by atoms with Gasteiger partial charge in [0.15, 0.2) is 0 Å². The molecule has 0 aromatic heterocycles. The monoisotopic (exact) mass is 240 g/mol. The average Bonchev–Trinajstić information content (AvgIpc) is 2.28. The zero-order chi connectivity index (χ0) is 10.9. The van der Waals surface area contributed by atoms with Gasteiger partial charge in [-0.05, 0) is 31.4 Å². The van der Waals surface area contributed by atoms with E-state index in [1.54, 1.807) is 0 Å². The molecule has 1 aliphatic heterocycles. The van der Waals surface area contributed by atoms with Crippen LogP contribution in [0, 0.1) is 0 Å². The van der Waals surface area contributed by atoms with Crippen molar-refractivity contribution in [3.8, 4) is 0 Å². The molecule has 0 atom stereocenters. The van der Waals surface area contributed by atoms with Crippen LogP contribution in [0.3, 0.4) is 0 Å². The second-order valence-corrected chi connectivity index (χ2v) is 4.96. The molecule has 0 spiro atoms. The highest BCUT2D eigenvalue weighted by Gasteiger charge is 2.27. The highest BCUT2D eigenvalue weighted by Crippen LogP contribution is 2.24. The highest BCUT2D eigenvalue weighted by atomic mass is 35.5. The number of nitrogens with two attached hydrogens (primary N) is 1. The maximum Gasteiger partial charge on any atom is 0.0279 e. The van der Waals surface area contributed by atoms with E-state index in [9.17, 15) is 0 Å². The van der Waals surface area contributed by atoms with Crippen molar-refractivity contribution in [3.05, 3.63) is 35.4 Å². The van der Waals surface area contributed by atoms with Gasteiger partial charge in [-0.15, -0.1) is 12.4 Å². The van der Waals surface area contributed by atoms with Crippen molar-refractivity contribution in [3.63, 3.8) is 0 Å². The molecule has 2 N–H and O–H groups in total. The van der Waals surface area contributed by atoms with Gasteiger partial charge in [0.25, 0.3) is 0 Å². The number of nitrogens with zero attached hydrogens (tertiary/aromatic N) is 1. The Morgan fingerprint density at radius 3 is 2.50 bits per heavy atom. The molecule has 90 valence electrons. The summed E-state index contributed by atoms with van der Waals surface area (Å²) in [4.78, 5) is 2.48. The minimum atomic E-state index is 0. The smallest absolute Gasteiger partial charge is 0.0279 e. The predicted octanol–water partition coefficient (Wildman–Crippen LogP) is 2.20. The Morgan fingerprint density at radius 1 is 1.25 bits per heavy atom. The zero-order valence-electron chi connectivity index (χ0n) is 10.1. The molecule has 0 saturated carbocycles. The number of fused-ring (bicyclic) bond motifs is 1. The lowest BCUT2D eigenvalue weighted by Crippen LogP contribution is -2.51. The lowest BCUT2D eigenvalue weighted by atomic mass is 9.94. The van der Waals surface area contributed by atoms with Crippen molar-refractivity contribution in [1.82, 2.24) is 4.90 Å². The van der Waals surface area contributed by atoms with Crippen LogP contribution in [0.15, 0.2) is 24.3 Å². The summed E-state index contributed by atoms with van der Waals surface area (Å²) in [5.74, 6) is 0. The molecule has 2 nitrogen and oxygen atoms in total. The molecular formula is C13H21ClN2. The molecule has 2 rings (SSSR count). The lowest BCUT2D eigenvalue weighted by molar-refractivity contribution is 0.111. The van der Waals surface area contributed by atoms with Gasteiger partial charge < -0.3 is 5.73 Å². The minimum absolute atomic E-state index is 0. The highest BCUT2D eigenvalue weighted by molar-refractivity contribution is 5.85. The number of hydrogen-bond acceptors (Lipinski definition) is 2. The van der Waals surface area contributed by atoms with Crippen molar-refractivity contribution < 1.29 is 0 Å². The van der Waals surface area contributed by atoms with Gasteiger partial charge >= 0.3 is 0 Å². The Bertz CT molecular complexity index is 350. The fraction of sp³-hybridized carbons (Fsp3) is 0.538. The molecule has 0 aliphatic carbocycles. The van der Waals surface area contributed by atoms with E-state index >= 15 is 0 Å². The largest absolute Gasteiger partial charge is 0.329 e. The quantitative estimate of drug-likeness (QED) is 0.859. The Labute approximate surface area is 104 Å². The molecule has 3 heteroatoms. The van der Waals surface area contributed by atoms with Crippen molar-refractivity contribution in [2.24, 2.45) is 5.73 Å². The Kier molecular flexibility index (Phi) is 4.36. The molecule has 1 aromatic rings. The summed E-state index contributed by atoms with van der Waals surface area (Å²) in [7, 11) is 0. The molecule has 0 unspecified atom stereocenters. The van der Waals surface area contributed by atoms with Crippen LogP contribution in [0.25, 0.3) is 0 Å². The first-order valence-corrected chi connectivity index (χ1v) is 5.65. The Balaban J connectivity index is 0.00000128. The first-order valence-electron chi connectivity index (χ1n) is 5.65. The molecular weight excluding hydrogens is 220 g/mol. The Hall–Kier alpha value is -0.570. The third kappa shape index (κ3) is 2.57. The first kappa shape index (κ1) is 13.5. The van der Waals surface area contributed by atoms with Crippen LogP contribution >= 0.6 is 12.4 Å². The fourth-order valence-electron chi connectivity index (χ4n) is 2.14. The van der Waals surface area contributed by atoms with E-state index in [1.807, 2.05) is 0 Å². The zero-order valence-corrected chi connectivity index (χ0v) is 10.9. The van der Waals surface area contributed by atoms with Gasteiger partial charge in [-0.25, -0.2) is 0 Å². The van der Waals surface area contributed by atoms with E-state index in [0.717, 1.165) is 26.1 Å². The van der Waals surface area contributed by atoms with Crippen LogP contribution in [0.2, 0.25) is 0 Å². The van der Waals surface area contributed by atoms with Crippen LogP contribution in [-0.4, -0.2) is 23.5 Å². The molecule has 1 aliphatic rings. The molecule has 0 radical (unpaired) electrons. The SMILES string of the molecule is CC(C)(CN)N1CCc2ccccc2C1.Cl. The Morgan fingerprint density at radius 2 is 1.88 bits per heavy atom. The molecule has 0 saturated heterocycles. The summed E-state index contributed by atoms with van der Waals surface area (Å²) in [5, 5.41) is 0. The lowest BCUT2D eigenvalue weighted by Gasteiger charge is -2.40. The van der Waals surface area contributed by atoms with Gasteiger partial charge in [0, 0.05) is 25.2 Å². The third-order valence-electron chi connectivity index (χ3n) is 3.49. The van der Waals surface area contributed by atoms with Gasteiger partial charge in [-0.1, -0.05) is 24.3 Å². The van der Waals surface area contributed by atoms with Crippen LogP contribution in [-0.2, 0) is 13.0 Å². The van der Waals surface area contributed by atoms with E-state index in [-0.39, 0.29) is 17.9 Å². The van der Waals surface area contributed by atoms with Crippen LogP contribution in [0.4, 0.5) is 0 Å².